The van der Waals surface area contributed by atoms with Crippen LogP contribution in [-0.4, -0.2) is 22.9 Å². The molecule has 1 aromatic rings. The van der Waals surface area contributed by atoms with Crippen LogP contribution in [0.2, 0.25) is 0 Å². The molecule has 0 spiro atoms. The lowest BCUT2D eigenvalue weighted by Crippen LogP contribution is -2.34. The summed E-state index contributed by atoms with van der Waals surface area (Å²) in [5, 5.41) is 4.05. The monoisotopic (exact) mass is 273 g/mol. The predicted octanol–water partition coefficient (Wildman–Crippen LogP) is 1.94. The second-order valence-electron chi connectivity index (χ2n) is 5.21. The van der Waals surface area contributed by atoms with Crippen LogP contribution in [0.25, 0.3) is 0 Å². The molecule has 102 valence electrons. The Hall–Kier alpha value is -0.650. The Labute approximate surface area is 113 Å². The second-order valence-corrected chi connectivity index (χ2v) is 5.21. The molecule has 1 atom stereocenters. The first-order valence-corrected chi connectivity index (χ1v) is 6.50. The molecule has 1 aliphatic carbocycles. The zero-order chi connectivity index (χ0) is 11.7. The third-order valence-electron chi connectivity index (χ3n) is 3.84. The van der Waals surface area contributed by atoms with Gasteiger partial charge in [0.15, 0.2) is 5.82 Å². The van der Waals surface area contributed by atoms with Gasteiger partial charge in [-0.3, -0.25) is 0 Å². The van der Waals surface area contributed by atoms with Crippen molar-refractivity contribution in [1.29, 1.82) is 0 Å². The summed E-state index contributed by atoms with van der Waals surface area (Å²) >= 11 is 0. The van der Waals surface area contributed by atoms with Crippen LogP contribution in [0.5, 0.6) is 0 Å². The Morgan fingerprint density at radius 3 is 2.72 bits per heavy atom. The highest BCUT2D eigenvalue weighted by Crippen LogP contribution is 2.34. The molecule has 2 fully saturated rings. The van der Waals surface area contributed by atoms with Crippen LogP contribution in [0, 0.1) is 0 Å². The molecule has 6 heteroatoms. The van der Waals surface area contributed by atoms with Gasteiger partial charge in [0.05, 0.1) is 18.1 Å². The van der Waals surface area contributed by atoms with E-state index in [0.717, 1.165) is 51.6 Å². The summed E-state index contributed by atoms with van der Waals surface area (Å²) in [5.74, 6) is 1.35. The van der Waals surface area contributed by atoms with E-state index in [1.807, 2.05) is 0 Å². The fourth-order valence-corrected chi connectivity index (χ4v) is 2.77. The molecule has 1 saturated heterocycles. The minimum Gasteiger partial charge on any atom is -0.378 e. The topological polar surface area (TPSA) is 74.2 Å². The summed E-state index contributed by atoms with van der Waals surface area (Å²) in [6, 6.07) is 0. The summed E-state index contributed by atoms with van der Waals surface area (Å²) in [4.78, 5) is 4.44. The van der Waals surface area contributed by atoms with Crippen LogP contribution in [0.4, 0.5) is 0 Å². The Balaban J connectivity index is 0.00000120. The minimum absolute atomic E-state index is 0. The summed E-state index contributed by atoms with van der Waals surface area (Å²) in [5.41, 5.74) is 5.94. The molecule has 5 nitrogen and oxygen atoms in total. The van der Waals surface area contributed by atoms with Crippen LogP contribution in [0.3, 0.4) is 0 Å². The summed E-state index contributed by atoms with van der Waals surface area (Å²) in [7, 11) is 0. The number of nitrogens with two attached hydrogens (primary N) is 1. The fourth-order valence-electron chi connectivity index (χ4n) is 2.77. The van der Waals surface area contributed by atoms with Gasteiger partial charge in [0.25, 0.3) is 0 Å². The number of nitrogens with zero attached hydrogens (tertiary/aromatic N) is 2. The van der Waals surface area contributed by atoms with Crippen LogP contribution < -0.4 is 5.73 Å². The summed E-state index contributed by atoms with van der Waals surface area (Å²) in [6.07, 6.45) is 7.44. The fraction of sp³-hybridized carbons (Fsp3) is 0.833. The van der Waals surface area contributed by atoms with E-state index in [-0.39, 0.29) is 24.0 Å². The third-order valence-corrected chi connectivity index (χ3v) is 3.84. The SMILES string of the molecule is Cl.NC1(c2noc(CC3CCCO3)n2)CCCC1. The molecular weight excluding hydrogens is 254 g/mol. The maximum atomic E-state index is 6.29. The first-order valence-electron chi connectivity index (χ1n) is 6.50. The van der Waals surface area contributed by atoms with Gasteiger partial charge in [-0.25, -0.2) is 0 Å². The van der Waals surface area contributed by atoms with E-state index < -0.39 is 0 Å². The predicted molar refractivity (Wildman–Crippen MR) is 68.6 cm³/mol. The van der Waals surface area contributed by atoms with Crippen molar-refractivity contribution in [2.75, 3.05) is 6.61 Å². The Morgan fingerprint density at radius 2 is 2.06 bits per heavy atom. The van der Waals surface area contributed by atoms with Crippen LogP contribution in [0.1, 0.15) is 50.2 Å². The molecule has 0 amide bonds. The Kier molecular flexibility index (Phi) is 4.25. The van der Waals surface area contributed by atoms with Crippen LogP contribution in [-0.2, 0) is 16.7 Å². The Morgan fingerprint density at radius 1 is 1.28 bits per heavy atom. The van der Waals surface area contributed by atoms with Gasteiger partial charge in [-0.05, 0) is 25.7 Å². The van der Waals surface area contributed by atoms with Gasteiger partial charge < -0.3 is 15.0 Å². The Bertz CT molecular complexity index is 384. The number of rotatable bonds is 3. The highest BCUT2D eigenvalue weighted by atomic mass is 35.5. The molecular formula is C12H20ClN3O2. The van der Waals surface area contributed by atoms with E-state index in [4.69, 9.17) is 15.0 Å². The number of hydrogen-bond donors (Lipinski definition) is 1. The zero-order valence-corrected chi connectivity index (χ0v) is 11.2. The first kappa shape index (κ1) is 13.8. The van der Waals surface area contributed by atoms with Gasteiger partial charge in [-0.2, -0.15) is 4.98 Å². The molecule has 2 N–H and O–H groups in total. The molecule has 0 bridgehead atoms. The molecule has 2 aliphatic rings. The van der Waals surface area contributed by atoms with E-state index in [1.54, 1.807) is 0 Å². The van der Waals surface area contributed by atoms with Gasteiger partial charge in [0.2, 0.25) is 5.89 Å². The van der Waals surface area contributed by atoms with Gasteiger partial charge in [0, 0.05) is 6.61 Å². The highest BCUT2D eigenvalue weighted by Gasteiger charge is 2.36. The number of halogens is 1. The normalized spacial score (nSPS) is 26.2. The van der Waals surface area contributed by atoms with Crippen molar-refractivity contribution in [2.45, 2.75) is 56.6 Å². The molecule has 1 unspecified atom stereocenters. The minimum atomic E-state index is -0.349. The molecule has 0 aromatic carbocycles. The van der Waals surface area contributed by atoms with Crippen molar-refractivity contribution in [2.24, 2.45) is 5.73 Å². The zero-order valence-electron chi connectivity index (χ0n) is 10.4. The van der Waals surface area contributed by atoms with Gasteiger partial charge >= 0.3 is 0 Å². The molecule has 1 saturated carbocycles. The quantitative estimate of drug-likeness (QED) is 0.911. The van der Waals surface area contributed by atoms with Crippen molar-refractivity contribution in [3.63, 3.8) is 0 Å². The third kappa shape index (κ3) is 2.68. The standard InChI is InChI=1S/C12H19N3O2.ClH/c13-12(5-1-2-6-12)11-14-10(17-15-11)8-9-4-3-7-16-9;/h9H,1-8,13H2;1H. The number of ether oxygens (including phenoxy) is 1. The first-order chi connectivity index (χ1) is 8.26. The maximum Gasteiger partial charge on any atom is 0.229 e. The number of aromatic nitrogens is 2. The van der Waals surface area contributed by atoms with Crippen LogP contribution >= 0.6 is 12.4 Å². The lowest BCUT2D eigenvalue weighted by Gasteiger charge is -2.17. The van der Waals surface area contributed by atoms with Gasteiger partial charge in [-0.15, -0.1) is 12.4 Å². The van der Waals surface area contributed by atoms with E-state index in [9.17, 15) is 0 Å². The smallest absolute Gasteiger partial charge is 0.229 e. The summed E-state index contributed by atoms with van der Waals surface area (Å²) < 4.78 is 10.8. The largest absolute Gasteiger partial charge is 0.378 e. The van der Waals surface area contributed by atoms with E-state index in [0.29, 0.717) is 11.7 Å². The van der Waals surface area contributed by atoms with Crippen molar-refractivity contribution in [3.8, 4) is 0 Å². The van der Waals surface area contributed by atoms with E-state index in [2.05, 4.69) is 10.1 Å². The lowest BCUT2D eigenvalue weighted by molar-refractivity contribution is 0.104. The van der Waals surface area contributed by atoms with Crippen molar-refractivity contribution in [3.05, 3.63) is 11.7 Å². The van der Waals surface area contributed by atoms with Crippen molar-refractivity contribution >= 4 is 12.4 Å². The molecule has 1 aromatic heterocycles. The van der Waals surface area contributed by atoms with Gasteiger partial charge in [0.1, 0.15) is 0 Å². The number of hydrogen-bond acceptors (Lipinski definition) is 5. The molecule has 2 heterocycles. The second kappa shape index (κ2) is 5.55. The average molecular weight is 274 g/mol. The van der Waals surface area contributed by atoms with Crippen LogP contribution in [0.15, 0.2) is 4.52 Å². The highest BCUT2D eigenvalue weighted by molar-refractivity contribution is 5.85. The average Bonchev–Trinajstić information content (AvgIpc) is 3.00. The maximum absolute atomic E-state index is 6.29. The molecule has 0 radical (unpaired) electrons. The molecule has 1 aliphatic heterocycles. The lowest BCUT2D eigenvalue weighted by atomic mass is 9.99. The van der Waals surface area contributed by atoms with Crippen molar-refractivity contribution in [1.82, 2.24) is 10.1 Å². The summed E-state index contributed by atoms with van der Waals surface area (Å²) in [6.45, 7) is 0.854. The molecule has 3 rings (SSSR count). The van der Waals surface area contributed by atoms with Crippen molar-refractivity contribution < 1.29 is 9.26 Å². The van der Waals surface area contributed by atoms with E-state index >= 15 is 0 Å². The van der Waals surface area contributed by atoms with E-state index in [1.165, 1.54) is 0 Å². The molecule has 18 heavy (non-hydrogen) atoms. The van der Waals surface area contributed by atoms with Gasteiger partial charge in [-0.1, -0.05) is 18.0 Å².